The minimum Gasteiger partial charge on any atom is -0.467 e. The van der Waals surface area contributed by atoms with Gasteiger partial charge in [0.2, 0.25) is 5.91 Å². The molecule has 1 amide bonds. The van der Waals surface area contributed by atoms with Crippen LogP contribution in [0.3, 0.4) is 0 Å². The smallest absolute Gasteiger partial charge is 0.328 e. The van der Waals surface area contributed by atoms with Gasteiger partial charge in [0.1, 0.15) is 11.9 Å². The number of rotatable bonds is 15. The predicted molar refractivity (Wildman–Crippen MR) is 164 cm³/mol. The summed E-state index contributed by atoms with van der Waals surface area (Å²) in [5, 5.41) is 11.7. The van der Waals surface area contributed by atoms with Crippen LogP contribution >= 0.6 is 11.8 Å². The summed E-state index contributed by atoms with van der Waals surface area (Å²) in [5.41, 5.74) is 1.02. The summed E-state index contributed by atoms with van der Waals surface area (Å²) < 4.78 is 4.95. The number of Topliss-reactive ketones (excluding diaryl/α,β-unsaturated/α-hetero) is 1. The first-order chi connectivity index (χ1) is 20.0. The van der Waals surface area contributed by atoms with Crippen LogP contribution in [0.5, 0.6) is 0 Å². The molecular weight excluding hydrogens is 538 g/mol. The Morgan fingerprint density at radius 2 is 1.93 bits per heavy atom. The fourth-order valence-electron chi connectivity index (χ4n) is 5.37. The SMILES string of the molecule is COC(=O)[C@H](CCSC)NC(=O)CN(Cc1cccc2ccccc12)C(C(=O)CNc1ccccn1)[C@@H]1CCCN1. The molecule has 1 aliphatic rings. The number of hydrogen-bond donors (Lipinski definition) is 3. The molecule has 0 spiro atoms. The number of carbonyl (C=O) groups is 3. The van der Waals surface area contributed by atoms with E-state index in [4.69, 9.17) is 4.74 Å². The van der Waals surface area contributed by atoms with Crippen molar-refractivity contribution in [3.63, 3.8) is 0 Å². The van der Waals surface area contributed by atoms with Gasteiger partial charge in [0.25, 0.3) is 0 Å². The third-order valence-electron chi connectivity index (χ3n) is 7.34. The van der Waals surface area contributed by atoms with Crippen molar-refractivity contribution >= 4 is 46.0 Å². The van der Waals surface area contributed by atoms with Gasteiger partial charge in [0.05, 0.1) is 26.2 Å². The number of anilines is 1. The number of aromatic nitrogens is 1. The zero-order chi connectivity index (χ0) is 29.0. The molecule has 2 aromatic carbocycles. The second kappa shape index (κ2) is 15.5. The topological polar surface area (TPSA) is 113 Å². The molecule has 1 aliphatic heterocycles. The van der Waals surface area contributed by atoms with Gasteiger partial charge in [0, 0.05) is 18.8 Å². The normalized spacial score (nSPS) is 16.3. The molecule has 2 heterocycles. The molecule has 218 valence electrons. The maximum absolute atomic E-state index is 13.9. The molecule has 3 N–H and O–H groups in total. The highest BCUT2D eigenvalue weighted by Crippen LogP contribution is 2.24. The Bertz CT molecular complexity index is 1300. The lowest BCUT2D eigenvalue weighted by molar-refractivity contribution is -0.145. The number of carbonyl (C=O) groups excluding carboxylic acids is 3. The third-order valence-corrected chi connectivity index (χ3v) is 7.99. The lowest BCUT2D eigenvalue weighted by Crippen LogP contribution is -2.56. The van der Waals surface area contributed by atoms with Gasteiger partial charge in [-0.1, -0.05) is 48.5 Å². The summed E-state index contributed by atoms with van der Waals surface area (Å²) in [6.45, 7) is 1.23. The number of pyridine rings is 1. The van der Waals surface area contributed by atoms with E-state index in [0.29, 0.717) is 24.5 Å². The van der Waals surface area contributed by atoms with Crippen LogP contribution in [0.4, 0.5) is 5.82 Å². The number of esters is 1. The van der Waals surface area contributed by atoms with Crippen molar-refractivity contribution in [2.45, 2.75) is 43.9 Å². The van der Waals surface area contributed by atoms with Gasteiger partial charge in [-0.15, -0.1) is 0 Å². The number of amides is 1. The summed E-state index contributed by atoms with van der Waals surface area (Å²) in [7, 11) is 1.32. The fraction of sp³-hybridized carbons (Fsp3) is 0.419. The Kier molecular flexibility index (Phi) is 11.5. The van der Waals surface area contributed by atoms with Crippen molar-refractivity contribution in [3.05, 3.63) is 72.4 Å². The predicted octanol–water partition coefficient (Wildman–Crippen LogP) is 3.25. The number of thioether (sulfide) groups is 1. The number of hydrogen-bond acceptors (Lipinski definition) is 9. The summed E-state index contributed by atoms with van der Waals surface area (Å²) >= 11 is 1.60. The highest BCUT2D eigenvalue weighted by molar-refractivity contribution is 7.98. The molecule has 9 nitrogen and oxygen atoms in total. The number of fused-ring (bicyclic) bond motifs is 1. The summed E-state index contributed by atoms with van der Waals surface area (Å²) in [6, 6.07) is 18.3. The number of ether oxygens (including phenoxy) is 1. The number of benzene rings is 2. The van der Waals surface area contributed by atoms with E-state index in [1.54, 1.807) is 18.0 Å². The van der Waals surface area contributed by atoms with E-state index >= 15 is 0 Å². The van der Waals surface area contributed by atoms with E-state index in [-0.39, 0.29) is 30.8 Å². The monoisotopic (exact) mass is 577 g/mol. The van der Waals surface area contributed by atoms with Crippen LogP contribution in [0.1, 0.15) is 24.8 Å². The van der Waals surface area contributed by atoms with Gasteiger partial charge in [0.15, 0.2) is 5.78 Å². The molecule has 41 heavy (non-hydrogen) atoms. The number of nitrogens with zero attached hydrogens (tertiary/aromatic N) is 2. The Hall–Kier alpha value is -3.47. The van der Waals surface area contributed by atoms with Crippen LogP contribution in [0.2, 0.25) is 0 Å². The molecule has 3 atom stereocenters. The molecule has 1 aromatic heterocycles. The quantitative estimate of drug-likeness (QED) is 0.234. The van der Waals surface area contributed by atoms with Crippen LogP contribution in [0.25, 0.3) is 10.8 Å². The molecule has 0 radical (unpaired) electrons. The Labute approximate surface area is 245 Å². The Morgan fingerprint density at radius 1 is 1.12 bits per heavy atom. The molecule has 0 bridgehead atoms. The van der Waals surface area contributed by atoms with Crippen molar-refractivity contribution in [1.29, 1.82) is 0 Å². The van der Waals surface area contributed by atoms with E-state index in [1.165, 1.54) is 7.11 Å². The van der Waals surface area contributed by atoms with Crippen molar-refractivity contribution < 1.29 is 19.1 Å². The maximum Gasteiger partial charge on any atom is 0.328 e. The maximum atomic E-state index is 13.9. The van der Waals surface area contributed by atoms with E-state index in [9.17, 15) is 14.4 Å². The van der Waals surface area contributed by atoms with Crippen LogP contribution < -0.4 is 16.0 Å². The van der Waals surface area contributed by atoms with Crippen LogP contribution in [-0.2, 0) is 25.7 Å². The Balaban J connectivity index is 1.63. The van der Waals surface area contributed by atoms with Crippen molar-refractivity contribution in [2.24, 2.45) is 0 Å². The van der Waals surface area contributed by atoms with E-state index in [1.807, 2.05) is 53.6 Å². The Morgan fingerprint density at radius 3 is 2.66 bits per heavy atom. The fourth-order valence-corrected chi connectivity index (χ4v) is 5.84. The van der Waals surface area contributed by atoms with Crippen molar-refractivity contribution in [3.8, 4) is 0 Å². The lowest BCUT2D eigenvalue weighted by Gasteiger charge is -2.35. The van der Waals surface area contributed by atoms with Crippen molar-refractivity contribution in [1.82, 2.24) is 20.5 Å². The number of ketones is 1. The molecule has 1 fully saturated rings. The first-order valence-electron chi connectivity index (χ1n) is 14.0. The largest absolute Gasteiger partial charge is 0.467 e. The summed E-state index contributed by atoms with van der Waals surface area (Å²) in [6.07, 6.45) is 5.87. The van der Waals surface area contributed by atoms with Gasteiger partial charge in [-0.25, -0.2) is 9.78 Å². The van der Waals surface area contributed by atoms with E-state index in [2.05, 4.69) is 39.1 Å². The van der Waals surface area contributed by atoms with Gasteiger partial charge in [-0.2, -0.15) is 11.8 Å². The van der Waals surface area contributed by atoms with Crippen LogP contribution in [-0.4, -0.2) is 84.4 Å². The minimum absolute atomic E-state index is 0.0324. The first-order valence-corrected chi connectivity index (χ1v) is 15.4. The average molecular weight is 578 g/mol. The zero-order valence-corrected chi connectivity index (χ0v) is 24.5. The molecule has 10 heteroatoms. The van der Waals surface area contributed by atoms with Gasteiger partial charge < -0.3 is 20.7 Å². The third kappa shape index (κ3) is 8.51. The van der Waals surface area contributed by atoms with E-state index in [0.717, 1.165) is 35.7 Å². The van der Waals surface area contributed by atoms with Crippen LogP contribution in [0, 0.1) is 0 Å². The zero-order valence-electron chi connectivity index (χ0n) is 23.7. The van der Waals surface area contributed by atoms with Gasteiger partial charge in [-0.05, 0) is 66.3 Å². The molecular formula is C31H39N5O4S. The second-order valence-corrected chi connectivity index (χ2v) is 11.1. The second-order valence-electron chi connectivity index (χ2n) is 10.2. The van der Waals surface area contributed by atoms with Crippen LogP contribution in [0.15, 0.2) is 66.9 Å². The molecule has 0 aliphatic carbocycles. The van der Waals surface area contributed by atoms with Crippen molar-refractivity contribution in [2.75, 3.05) is 44.1 Å². The van der Waals surface area contributed by atoms with E-state index < -0.39 is 18.1 Å². The standard InChI is InChI=1S/C31H39N5O4S/c1-40-31(39)26(15-18-41-2)35-29(38)21-36(20-23-11-7-10-22-9-3-4-12-24(22)23)30(25-13-8-17-32-25)27(37)19-34-28-14-5-6-16-33-28/h3-7,9-12,14,16,25-26,30,32H,8,13,15,17-21H2,1-2H3,(H,33,34)(H,35,38)/t25-,26-,30?/m0/s1. The molecule has 0 saturated carbocycles. The molecule has 3 aromatic rings. The molecule has 1 saturated heterocycles. The van der Waals surface area contributed by atoms with Gasteiger partial charge in [-0.3, -0.25) is 14.5 Å². The molecule has 4 rings (SSSR count). The van der Waals surface area contributed by atoms with Gasteiger partial charge >= 0.3 is 5.97 Å². The highest BCUT2D eigenvalue weighted by Gasteiger charge is 2.36. The highest BCUT2D eigenvalue weighted by atomic mass is 32.2. The molecule has 1 unspecified atom stereocenters. The number of nitrogens with one attached hydrogen (secondary N) is 3. The number of methoxy groups -OCH3 is 1. The lowest BCUT2D eigenvalue weighted by atomic mass is 9.97. The average Bonchev–Trinajstić information content (AvgIpc) is 3.53. The summed E-state index contributed by atoms with van der Waals surface area (Å²) in [5.74, 6) is 0.487. The minimum atomic E-state index is -0.746. The first kappa shape index (κ1) is 30.5. The summed E-state index contributed by atoms with van der Waals surface area (Å²) in [4.78, 5) is 46.1.